The van der Waals surface area contributed by atoms with Gasteiger partial charge in [0.2, 0.25) is 5.91 Å². The van der Waals surface area contributed by atoms with Gasteiger partial charge in [-0.3, -0.25) is 4.79 Å². The standard InChI is InChI=1S/C29H38F3N5O5/c1-17(2)33-27(40)34-23-10-11-24-20(12-23)13-26(39)37(19(4)16-38)14-18(3)25(42-24)15-36(5)28(41)35-22-8-6-21(7-9-22)29(30,31)32/h6-12,17-19,25,38H,13-16H2,1-5H3,(H,35,41)(H2,33,34,40)/t18-,19+,25+/m0/s1. The lowest BCUT2D eigenvalue weighted by Gasteiger charge is -2.34. The Labute approximate surface area is 243 Å². The number of fused-ring (bicyclic) bond motifs is 1. The number of hydrogen-bond acceptors (Lipinski definition) is 5. The summed E-state index contributed by atoms with van der Waals surface area (Å²) in [4.78, 5) is 41.4. The predicted octanol–water partition coefficient (Wildman–Crippen LogP) is 4.55. The average Bonchev–Trinajstić information content (AvgIpc) is 2.95. The van der Waals surface area contributed by atoms with E-state index in [2.05, 4.69) is 16.0 Å². The van der Waals surface area contributed by atoms with Crippen LogP contribution in [0.2, 0.25) is 0 Å². The first-order valence-corrected chi connectivity index (χ1v) is 13.6. The Balaban J connectivity index is 1.83. The molecule has 0 fully saturated rings. The van der Waals surface area contributed by atoms with Crippen molar-refractivity contribution in [3.63, 3.8) is 0 Å². The second-order valence-corrected chi connectivity index (χ2v) is 10.8. The number of hydrogen-bond donors (Lipinski definition) is 4. The number of amides is 5. The summed E-state index contributed by atoms with van der Waals surface area (Å²) in [6.07, 6.45) is -5.13. The van der Waals surface area contributed by atoms with Gasteiger partial charge in [0.15, 0.2) is 0 Å². The quantitative estimate of drug-likeness (QED) is 0.375. The van der Waals surface area contributed by atoms with Crippen LogP contribution in [0.25, 0.3) is 0 Å². The van der Waals surface area contributed by atoms with Gasteiger partial charge in [-0.25, -0.2) is 9.59 Å². The number of urea groups is 2. The monoisotopic (exact) mass is 593 g/mol. The number of carbonyl (C=O) groups is 3. The van der Waals surface area contributed by atoms with E-state index in [9.17, 15) is 32.7 Å². The number of aliphatic hydroxyl groups is 1. The number of nitrogens with one attached hydrogen (secondary N) is 3. The lowest BCUT2D eigenvalue weighted by Crippen LogP contribution is -2.48. The first-order valence-electron chi connectivity index (χ1n) is 13.6. The van der Waals surface area contributed by atoms with E-state index in [-0.39, 0.29) is 49.7 Å². The highest BCUT2D eigenvalue weighted by Gasteiger charge is 2.32. The molecular formula is C29H38F3N5O5. The van der Waals surface area contributed by atoms with Gasteiger partial charge in [-0.05, 0) is 63.2 Å². The van der Waals surface area contributed by atoms with Crippen LogP contribution in [0.3, 0.4) is 0 Å². The maximum Gasteiger partial charge on any atom is 0.416 e. The topological polar surface area (TPSA) is 123 Å². The molecular weight excluding hydrogens is 555 g/mol. The molecule has 10 nitrogen and oxygen atoms in total. The molecule has 13 heteroatoms. The smallest absolute Gasteiger partial charge is 0.416 e. The molecule has 2 aromatic rings. The van der Waals surface area contributed by atoms with Gasteiger partial charge in [0.1, 0.15) is 11.9 Å². The van der Waals surface area contributed by atoms with E-state index < -0.39 is 35.9 Å². The number of halogens is 3. The van der Waals surface area contributed by atoms with Crippen molar-refractivity contribution < 1.29 is 37.4 Å². The second kappa shape index (κ2) is 13.8. The Morgan fingerprint density at radius 2 is 1.74 bits per heavy atom. The van der Waals surface area contributed by atoms with Crippen LogP contribution in [0.1, 0.15) is 38.8 Å². The third-order valence-corrected chi connectivity index (χ3v) is 6.86. The highest BCUT2D eigenvalue weighted by Crippen LogP contribution is 2.31. The molecule has 0 saturated carbocycles. The summed E-state index contributed by atoms with van der Waals surface area (Å²) >= 11 is 0. The lowest BCUT2D eigenvalue weighted by atomic mass is 10.0. The summed E-state index contributed by atoms with van der Waals surface area (Å²) in [5.74, 6) is -0.110. The zero-order valence-electron chi connectivity index (χ0n) is 24.3. The predicted molar refractivity (Wildman–Crippen MR) is 152 cm³/mol. The minimum atomic E-state index is -4.49. The van der Waals surface area contributed by atoms with E-state index in [1.54, 1.807) is 30.0 Å². The van der Waals surface area contributed by atoms with Gasteiger partial charge in [0, 0.05) is 42.5 Å². The molecule has 0 aliphatic carbocycles. The molecule has 0 radical (unpaired) electrons. The normalized spacial score (nSPS) is 18.1. The van der Waals surface area contributed by atoms with E-state index >= 15 is 0 Å². The van der Waals surface area contributed by atoms with Crippen molar-refractivity contribution in [2.45, 2.75) is 58.5 Å². The van der Waals surface area contributed by atoms with Crippen LogP contribution in [0, 0.1) is 5.92 Å². The van der Waals surface area contributed by atoms with Crippen LogP contribution in [-0.2, 0) is 17.4 Å². The van der Waals surface area contributed by atoms with Crippen molar-refractivity contribution in [2.75, 3.05) is 37.4 Å². The van der Waals surface area contributed by atoms with Crippen LogP contribution in [0.5, 0.6) is 5.75 Å². The summed E-state index contributed by atoms with van der Waals surface area (Å²) in [7, 11) is 1.53. The minimum absolute atomic E-state index is 0.0370. The van der Waals surface area contributed by atoms with Gasteiger partial charge in [-0.15, -0.1) is 0 Å². The van der Waals surface area contributed by atoms with Gasteiger partial charge in [-0.1, -0.05) is 6.92 Å². The molecule has 2 aromatic carbocycles. The van der Waals surface area contributed by atoms with E-state index in [0.29, 0.717) is 17.0 Å². The summed E-state index contributed by atoms with van der Waals surface area (Å²) < 4.78 is 45.0. The fraction of sp³-hybridized carbons (Fsp3) is 0.483. The number of ether oxygens (including phenoxy) is 1. The fourth-order valence-corrected chi connectivity index (χ4v) is 4.47. The molecule has 1 aliphatic heterocycles. The maximum absolute atomic E-state index is 13.3. The number of anilines is 2. The van der Waals surface area contributed by atoms with Crippen molar-refractivity contribution in [1.82, 2.24) is 15.1 Å². The van der Waals surface area contributed by atoms with Gasteiger partial charge >= 0.3 is 18.2 Å². The van der Waals surface area contributed by atoms with Crippen molar-refractivity contribution in [2.24, 2.45) is 5.92 Å². The average molecular weight is 594 g/mol. The van der Waals surface area contributed by atoms with E-state index in [0.717, 1.165) is 12.1 Å². The molecule has 0 bridgehead atoms. The van der Waals surface area contributed by atoms with Gasteiger partial charge in [0.05, 0.1) is 31.2 Å². The van der Waals surface area contributed by atoms with Gasteiger partial charge in [-0.2, -0.15) is 13.2 Å². The Bertz CT molecular complexity index is 1260. The minimum Gasteiger partial charge on any atom is -0.488 e. The number of likely N-dealkylation sites (N-methyl/N-ethyl adjacent to an activating group) is 1. The van der Waals surface area contributed by atoms with Gasteiger partial charge < -0.3 is 35.6 Å². The first-order chi connectivity index (χ1) is 19.7. The van der Waals surface area contributed by atoms with Gasteiger partial charge in [0.25, 0.3) is 0 Å². The Morgan fingerprint density at radius 1 is 1.10 bits per heavy atom. The third kappa shape index (κ3) is 8.75. The third-order valence-electron chi connectivity index (χ3n) is 6.86. The number of benzene rings is 2. The fourth-order valence-electron chi connectivity index (χ4n) is 4.47. The molecule has 3 atom stereocenters. The SMILES string of the molecule is CC(C)NC(=O)Nc1ccc2c(c1)CC(=O)N([C@H](C)CO)C[C@H](C)[C@@H](CN(C)C(=O)Nc1ccc(C(F)(F)F)cc1)O2. The largest absolute Gasteiger partial charge is 0.488 e. The van der Waals surface area contributed by atoms with Crippen molar-refractivity contribution >= 4 is 29.3 Å². The summed E-state index contributed by atoms with van der Waals surface area (Å²) in [5.41, 5.74) is 0.356. The number of alkyl halides is 3. The molecule has 1 heterocycles. The summed E-state index contributed by atoms with van der Waals surface area (Å²) in [6.45, 7) is 7.34. The molecule has 3 rings (SSSR count). The lowest BCUT2D eigenvalue weighted by molar-refractivity contribution is -0.137. The first kappa shape index (κ1) is 32.5. The second-order valence-electron chi connectivity index (χ2n) is 10.8. The Morgan fingerprint density at radius 3 is 2.33 bits per heavy atom. The van der Waals surface area contributed by atoms with Crippen molar-refractivity contribution in [3.8, 4) is 5.75 Å². The molecule has 0 unspecified atom stereocenters. The molecule has 42 heavy (non-hydrogen) atoms. The summed E-state index contributed by atoms with van der Waals surface area (Å²) in [5, 5.41) is 17.9. The molecule has 230 valence electrons. The number of carbonyl (C=O) groups excluding carboxylic acids is 3. The van der Waals surface area contributed by atoms with Crippen LogP contribution in [0.15, 0.2) is 42.5 Å². The zero-order valence-corrected chi connectivity index (χ0v) is 24.3. The van der Waals surface area contributed by atoms with E-state index in [1.165, 1.54) is 24.1 Å². The van der Waals surface area contributed by atoms with E-state index in [4.69, 9.17) is 4.74 Å². The molecule has 5 amide bonds. The molecule has 1 aliphatic rings. The van der Waals surface area contributed by atoms with Crippen LogP contribution in [0.4, 0.5) is 34.1 Å². The summed E-state index contributed by atoms with van der Waals surface area (Å²) in [6, 6.07) is 7.59. The number of aliphatic hydroxyl groups excluding tert-OH is 1. The zero-order chi connectivity index (χ0) is 31.2. The van der Waals surface area contributed by atoms with E-state index in [1.807, 2.05) is 20.8 Å². The van der Waals surface area contributed by atoms with Crippen LogP contribution in [-0.4, -0.2) is 77.8 Å². The number of rotatable bonds is 7. The van der Waals surface area contributed by atoms with Crippen molar-refractivity contribution in [1.29, 1.82) is 0 Å². The number of nitrogens with zero attached hydrogens (tertiary/aromatic N) is 2. The van der Waals surface area contributed by atoms with Crippen molar-refractivity contribution in [3.05, 3.63) is 53.6 Å². The van der Waals surface area contributed by atoms with Crippen LogP contribution < -0.4 is 20.7 Å². The highest BCUT2D eigenvalue weighted by molar-refractivity contribution is 5.90. The molecule has 0 spiro atoms. The van der Waals surface area contributed by atoms with Crippen LogP contribution >= 0.6 is 0 Å². The molecule has 4 N–H and O–H groups in total. The Hall–Kier alpha value is -4.00. The molecule has 0 aromatic heterocycles. The molecule has 0 saturated heterocycles. The Kier molecular flexibility index (Phi) is 10.7. The highest BCUT2D eigenvalue weighted by atomic mass is 19.4. The maximum atomic E-state index is 13.3.